The molecule has 0 atom stereocenters. The van der Waals surface area contributed by atoms with Gasteiger partial charge in [0.25, 0.3) is 0 Å². The lowest BCUT2D eigenvalue weighted by Gasteiger charge is -2.19. The zero-order chi connectivity index (χ0) is 17.2. The van der Waals surface area contributed by atoms with Crippen molar-refractivity contribution < 1.29 is 4.74 Å². The normalized spacial score (nSPS) is 14.2. The van der Waals surface area contributed by atoms with Crippen LogP contribution in [0.3, 0.4) is 0 Å². The largest absolute Gasteiger partial charge is 0.496 e. The highest BCUT2D eigenvalue weighted by atomic mass is 35.5. The Balaban J connectivity index is 1.96. The molecule has 0 fully saturated rings. The fraction of sp³-hybridized carbons (Fsp3) is 0.0870. The molecule has 0 unspecified atom stereocenters. The first kappa shape index (κ1) is 16.0. The van der Waals surface area contributed by atoms with E-state index in [2.05, 4.69) is 55.0 Å². The molecule has 0 saturated carbocycles. The van der Waals surface area contributed by atoms with Crippen LogP contribution < -0.4 is 4.74 Å². The Bertz CT molecular complexity index is 998. The molecule has 0 saturated heterocycles. The fourth-order valence-electron chi connectivity index (χ4n) is 3.36. The van der Waals surface area contributed by atoms with Crippen molar-refractivity contribution in [3.05, 3.63) is 95.4 Å². The van der Waals surface area contributed by atoms with Crippen molar-refractivity contribution in [2.45, 2.75) is 6.42 Å². The maximum absolute atomic E-state index is 6.46. The highest BCUT2D eigenvalue weighted by Gasteiger charge is 2.16. The Labute approximate surface area is 153 Å². The minimum atomic E-state index is 0.766. The van der Waals surface area contributed by atoms with Crippen molar-refractivity contribution in [3.63, 3.8) is 0 Å². The van der Waals surface area contributed by atoms with E-state index in [1.807, 2.05) is 24.3 Å². The van der Waals surface area contributed by atoms with E-state index >= 15 is 0 Å². The summed E-state index contributed by atoms with van der Waals surface area (Å²) >= 11 is 6.46. The number of methoxy groups -OCH3 is 1. The number of halogens is 1. The van der Waals surface area contributed by atoms with Gasteiger partial charge in [-0.15, -0.1) is 0 Å². The number of rotatable bonds is 3. The van der Waals surface area contributed by atoms with Crippen LogP contribution in [0.15, 0.2) is 72.8 Å². The maximum Gasteiger partial charge on any atom is 0.127 e. The molecular formula is C23H18ClO. The van der Waals surface area contributed by atoms with Crippen LogP contribution in [0.25, 0.3) is 21.9 Å². The molecule has 1 aliphatic rings. The van der Waals surface area contributed by atoms with Gasteiger partial charge in [0, 0.05) is 16.0 Å². The highest BCUT2D eigenvalue weighted by molar-refractivity contribution is 6.33. The lowest BCUT2D eigenvalue weighted by atomic mass is 9.87. The Morgan fingerprint density at radius 2 is 1.72 bits per heavy atom. The third-order valence-corrected chi connectivity index (χ3v) is 4.88. The van der Waals surface area contributed by atoms with Crippen LogP contribution >= 0.6 is 11.6 Å². The van der Waals surface area contributed by atoms with E-state index in [0.717, 1.165) is 39.3 Å². The molecule has 0 bridgehead atoms. The predicted molar refractivity (Wildman–Crippen MR) is 107 cm³/mol. The average Bonchev–Trinajstić information content (AvgIpc) is 2.67. The number of hydrogen-bond acceptors (Lipinski definition) is 1. The van der Waals surface area contributed by atoms with Gasteiger partial charge < -0.3 is 4.74 Å². The van der Waals surface area contributed by atoms with Gasteiger partial charge in [0.2, 0.25) is 0 Å². The van der Waals surface area contributed by atoms with Crippen LogP contribution in [0, 0.1) is 6.42 Å². The summed E-state index contributed by atoms with van der Waals surface area (Å²) in [6, 6.07) is 20.6. The summed E-state index contributed by atoms with van der Waals surface area (Å²) in [5.41, 5.74) is 4.54. The number of hydrogen-bond donors (Lipinski definition) is 0. The second kappa shape index (κ2) is 6.78. The van der Waals surface area contributed by atoms with Crippen LogP contribution in [0.1, 0.15) is 17.5 Å². The summed E-state index contributed by atoms with van der Waals surface area (Å²) in [6.07, 6.45) is 7.50. The third-order valence-electron chi connectivity index (χ3n) is 4.55. The lowest BCUT2D eigenvalue weighted by molar-refractivity contribution is 0.419. The van der Waals surface area contributed by atoms with Gasteiger partial charge in [0.1, 0.15) is 5.75 Å². The van der Waals surface area contributed by atoms with Crippen LogP contribution in [0.5, 0.6) is 5.75 Å². The summed E-state index contributed by atoms with van der Waals surface area (Å²) in [7, 11) is 1.72. The SMILES string of the molecule is COc1cc(C2=C(c3ccccc3Cl)C=CC[CH]2)cc2ccccc12. The van der Waals surface area contributed by atoms with Crippen molar-refractivity contribution in [3.8, 4) is 5.75 Å². The topological polar surface area (TPSA) is 9.23 Å². The maximum atomic E-state index is 6.46. The van der Waals surface area contributed by atoms with Crippen molar-refractivity contribution in [1.29, 1.82) is 0 Å². The zero-order valence-electron chi connectivity index (χ0n) is 14.0. The first-order chi connectivity index (χ1) is 12.3. The molecule has 0 amide bonds. The molecule has 0 spiro atoms. The van der Waals surface area contributed by atoms with Gasteiger partial charge in [0.05, 0.1) is 7.11 Å². The molecule has 4 rings (SSSR count). The first-order valence-corrected chi connectivity index (χ1v) is 8.72. The summed E-state index contributed by atoms with van der Waals surface area (Å²) in [4.78, 5) is 0. The number of ether oxygens (including phenoxy) is 1. The smallest absolute Gasteiger partial charge is 0.127 e. The van der Waals surface area contributed by atoms with Crippen LogP contribution in [-0.2, 0) is 0 Å². The molecule has 1 radical (unpaired) electrons. The van der Waals surface area contributed by atoms with E-state index in [9.17, 15) is 0 Å². The summed E-state index contributed by atoms with van der Waals surface area (Å²) in [5, 5.41) is 3.06. The molecule has 1 aliphatic carbocycles. The summed E-state index contributed by atoms with van der Waals surface area (Å²) < 4.78 is 5.64. The predicted octanol–water partition coefficient (Wildman–Crippen LogP) is 6.58. The van der Waals surface area contributed by atoms with E-state index in [1.54, 1.807) is 7.11 Å². The highest BCUT2D eigenvalue weighted by Crippen LogP contribution is 2.39. The van der Waals surface area contributed by atoms with Gasteiger partial charge >= 0.3 is 0 Å². The van der Waals surface area contributed by atoms with Crippen LogP contribution in [-0.4, -0.2) is 7.11 Å². The quantitative estimate of drug-likeness (QED) is 0.521. The summed E-state index contributed by atoms with van der Waals surface area (Å²) in [5.74, 6) is 0.891. The van der Waals surface area contributed by atoms with Gasteiger partial charge in [-0.25, -0.2) is 0 Å². The minimum Gasteiger partial charge on any atom is -0.496 e. The van der Waals surface area contributed by atoms with Crippen LogP contribution in [0.2, 0.25) is 5.02 Å². The molecule has 2 heteroatoms. The van der Waals surface area contributed by atoms with E-state index in [1.165, 1.54) is 11.0 Å². The minimum absolute atomic E-state index is 0.766. The Morgan fingerprint density at radius 3 is 2.56 bits per heavy atom. The van der Waals surface area contributed by atoms with Gasteiger partial charge in [0.15, 0.2) is 0 Å². The molecule has 0 aliphatic heterocycles. The van der Waals surface area contributed by atoms with Gasteiger partial charge in [-0.2, -0.15) is 0 Å². The Morgan fingerprint density at radius 1 is 0.920 bits per heavy atom. The Hall–Kier alpha value is -2.51. The van der Waals surface area contributed by atoms with Crippen molar-refractivity contribution >= 4 is 33.5 Å². The van der Waals surface area contributed by atoms with E-state index < -0.39 is 0 Å². The molecule has 1 nitrogen and oxygen atoms in total. The fourth-order valence-corrected chi connectivity index (χ4v) is 3.60. The molecule has 0 N–H and O–H groups in total. The van der Waals surface area contributed by atoms with E-state index in [-0.39, 0.29) is 0 Å². The van der Waals surface area contributed by atoms with Gasteiger partial charge in [-0.1, -0.05) is 66.2 Å². The van der Waals surface area contributed by atoms with E-state index in [0.29, 0.717) is 0 Å². The molecule has 25 heavy (non-hydrogen) atoms. The van der Waals surface area contributed by atoms with Gasteiger partial charge in [-0.05, 0) is 53.1 Å². The molecule has 3 aromatic carbocycles. The second-order valence-electron chi connectivity index (χ2n) is 6.05. The van der Waals surface area contributed by atoms with Crippen LogP contribution in [0.4, 0.5) is 0 Å². The molecule has 0 aromatic heterocycles. The van der Waals surface area contributed by atoms with E-state index in [4.69, 9.17) is 16.3 Å². The van der Waals surface area contributed by atoms with Crippen molar-refractivity contribution in [2.75, 3.05) is 7.11 Å². The van der Waals surface area contributed by atoms with Gasteiger partial charge in [-0.3, -0.25) is 0 Å². The average molecular weight is 346 g/mol. The number of allylic oxidation sites excluding steroid dienone is 4. The zero-order valence-corrected chi connectivity index (χ0v) is 14.8. The first-order valence-electron chi connectivity index (χ1n) is 8.34. The number of fused-ring (bicyclic) bond motifs is 1. The molecule has 0 heterocycles. The molecule has 3 aromatic rings. The Kier molecular flexibility index (Phi) is 4.33. The monoisotopic (exact) mass is 345 g/mol. The molecule has 123 valence electrons. The molecular weight excluding hydrogens is 328 g/mol. The number of benzene rings is 3. The van der Waals surface area contributed by atoms with Crippen molar-refractivity contribution in [2.24, 2.45) is 0 Å². The second-order valence-corrected chi connectivity index (χ2v) is 6.46. The lowest BCUT2D eigenvalue weighted by Crippen LogP contribution is -1.98. The third kappa shape index (κ3) is 2.96. The van der Waals surface area contributed by atoms with Crippen molar-refractivity contribution in [1.82, 2.24) is 0 Å². The summed E-state index contributed by atoms with van der Waals surface area (Å²) in [6.45, 7) is 0. The standard InChI is InChI=1S/C23H18ClO/c1-25-23-15-17(14-16-8-2-3-10-19(16)23)18-9-4-5-11-20(18)21-12-6-7-13-22(21)24/h2-3,5-15H,4H2,1H3.